The van der Waals surface area contributed by atoms with E-state index in [-0.39, 0.29) is 16.6 Å². The van der Waals surface area contributed by atoms with E-state index in [0.29, 0.717) is 18.5 Å². The predicted molar refractivity (Wildman–Crippen MR) is 78.8 cm³/mol. The molecule has 1 atom stereocenters. The zero-order chi connectivity index (χ0) is 14.5. The number of hydrogen-bond donors (Lipinski definition) is 1. The zero-order valence-corrected chi connectivity index (χ0v) is 12.7. The molecule has 0 radical (unpaired) electrons. The van der Waals surface area contributed by atoms with Crippen LogP contribution in [0.2, 0.25) is 5.02 Å². The van der Waals surface area contributed by atoms with Gasteiger partial charge in [-0.15, -0.1) is 0 Å². The first-order valence-corrected chi connectivity index (χ1v) is 7.43. The number of aromatic nitrogens is 2. The summed E-state index contributed by atoms with van der Waals surface area (Å²) >= 11 is 5.91. The monoisotopic (exact) mass is 296 g/mol. The Morgan fingerprint density at radius 2 is 2.40 bits per heavy atom. The van der Waals surface area contributed by atoms with Gasteiger partial charge < -0.3 is 10.2 Å². The van der Waals surface area contributed by atoms with Crippen molar-refractivity contribution < 1.29 is 4.79 Å². The number of piperidine rings is 1. The number of rotatable bonds is 4. The summed E-state index contributed by atoms with van der Waals surface area (Å²) in [6, 6.07) is 0.560. The molecule has 1 saturated heterocycles. The third-order valence-electron chi connectivity index (χ3n) is 3.71. The third-order valence-corrected chi connectivity index (χ3v) is 3.99. The van der Waals surface area contributed by atoms with Crippen LogP contribution in [-0.4, -0.2) is 46.5 Å². The molecule has 1 amide bonds. The number of carbonyl (C=O) groups excluding carboxylic acids is 1. The molecule has 1 aliphatic rings. The molecule has 1 aromatic rings. The van der Waals surface area contributed by atoms with E-state index in [1.165, 1.54) is 18.9 Å². The summed E-state index contributed by atoms with van der Waals surface area (Å²) in [5.74, 6) is 0.273. The van der Waals surface area contributed by atoms with E-state index in [1.54, 1.807) is 0 Å². The summed E-state index contributed by atoms with van der Waals surface area (Å²) in [6.45, 7) is 7.28. The van der Waals surface area contributed by atoms with Gasteiger partial charge in [-0.25, -0.2) is 9.97 Å². The third kappa shape index (κ3) is 3.90. The van der Waals surface area contributed by atoms with Gasteiger partial charge in [0.1, 0.15) is 12.0 Å². The minimum absolute atomic E-state index is 0.223. The highest BCUT2D eigenvalue weighted by molar-refractivity contribution is 6.33. The molecule has 20 heavy (non-hydrogen) atoms. The Morgan fingerprint density at radius 3 is 3.10 bits per heavy atom. The van der Waals surface area contributed by atoms with E-state index in [0.717, 1.165) is 19.5 Å². The van der Waals surface area contributed by atoms with Crippen molar-refractivity contribution in [3.05, 3.63) is 23.2 Å². The molecule has 0 saturated carbocycles. The van der Waals surface area contributed by atoms with E-state index >= 15 is 0 Å². The first kappa shape index (κ1) is 15.2. The molecule has 1 N–H and O–H groups in total. The highest BCUT2D eigenvalue weighted by Gasteiger charge is 2.22. The predicted octanol–water partition coefficient (Wildman–Crippen LogP) is 1.98. The fraction of sp³-hybridized carbons (Fsp3) is 0.643. The minimum atomic E-state index is -0.223. The maximum Gasteiger partial charge on any atom is 0.271 e. The van der Waals surface area contributed by atoms with Crippen LogP contribution in [0.4, 0.5) is 0 Å². The smallest absolute Gasteiger partial charge is 0.271 e. The van der Waals surface area contributed by atoms with Crippen molar-refractivity contribution in [3.8, 4) is 0 Å². The Balaban J connectivity index is 1.86. The van der Waals surface area contributed by atoms with Crippen LogP contribution in [0.5, 0.6) is 0 Å². The number of halogens is 1. The van der Waals surface area contributed by atoms with Crippen LogP contribution in [0, 0.1) is 5.92 Å². The number of nitrogens with one attached hydrogen (secondary N) is 1. The highest BCUT2D eigenvalue weighted by atomic mass is 35.5. The van der Waals surface area contributed by atoms with E-state index in [2.05, 4.69) is 34.0 Å². The molecule has 6 heteroatoms. The highest BCUT2D eigenvalue weighted by Crippen LogP contribution is 2.18. The van der Waals surface area contributed by atoms with Crippen LogP contribution in [0.3, 0.4) is 0 Å². The Labute approximate surface area is 124 Å². The summed E-state index contributed by atoms with van der Waals surface area (Å²) in [6.07, 6.45) is 5.11. The number of hydrogen-bond acceptors (Lipinski definition) is 4. The van der Waals surface area contributed by atoms with Gasteiger partial charge in [0.25, 0.3) is 5.91 Å². The molecule has 1 fully saturated rings. The Hall–Kier alpha value is -1.20. The van der Waals surface area contributed by atoms with Gasteiger partial charge in [-0.05, 0) is 39.2 Å². The van der Waals surface area contributed by atoms with Crippen molar-refractivity contribution in [2.45, 2.75) is 32.7 Å². The van der Waals surface area contributed by atoms with Crippen LogP contribution in [0.15, 0.2) is 12.5 Å². The van der Waals surface area contributed by atoms with Crippen molar-refractivity contribution in [2.24, 2.45) is 5.92 Å². The maximum absolute atomic E-state index is 12.0. The summed E-state index contributed by atoms with van der Waals surface area (Å²) < 4.78 is 0. The molecule has 0 unspecified atom stereocenters. The van der Waals surface area contributed by atoms with Gasteiger partial charge in [-0.1, -0.05) is 11.6 Å². The van der Waals surface area contributed by atoms with Crippen LogP contribution in [0.25, 0.3) is 0 Å². The summed E-state index contributed by atoms with van der Waals surface area (Å²) in [5.41, 5.74) is 0.248. The number of nitrogens with zero attached hydrogens (tertiary/aromatic N) is 3. The Kier molecular flexibility index (Phi) is 5.31. The van der Waals surface area contributed by atoms with Crippen molar-refractivity contribution in [1.29, 1.82) is 0 Å². The molecule has 0 bridgehead atoms. The molecular formula is C14H21ClN4O. The largest absolute Gasteiger partial charge is 0.350 e. The second kappa shape index (κ2) is 6.99. The summed E-state index contributed by atoms with van der Waals surface area (Å²) in [5, 5.41) is 3.22. The van der Waals surface area contributed by atoms with Crippen LogP contribution >= 0.6 is 11.6 Å². The van der Waals surface area contributed by atoms with E-state index in [1.807, 2.05) is 0 Å². The second-order valence-corrected chi connectivity index (χ2v) is 5.93. The standard InChI is InChI=1S/C14H21ClN4O/c1-10(2)19-5-3-4-11(8-19)6-17-14(20)13-12(15)7-16-9-18-13/h7,9-11H,3-6,8H2,1-2H3,(H,17,20)/t11-/m0/s1. The molecule has 5 nitrogen and oxygen atoms in total. The topological polar surface area (TPSA) is 58.1 Å². The van der Waals surface area contributed by atoms with Crippen LogP contribution in [0.1, 0.15) is 37.2 Å². The zero-order valence-electron chi connectivity index (χ0n) is 12.0. The molecular weight excluding hydrogens is 276 g/mol. The Bertz CT molecular complexity index is 466. The quantitative estimate of drug-likeness (QED) is 0.923. The average Bonchev–Trinajstić information content (AvgIpc) is 2.45. The maximum atomic E-state index is 12.0. The lowest BCUT2D eigenvalue weighted by Crippen LogP contribution is -2.43. The van der Waals surface area contributed by atoms with Gasteiger partial charge in [0, 0.05) is 25.3 Å². The van der Waals surface area contributed by atoms with Gasteiger partial charge in [0.05, 0.1) is 5.02 Å². The van der Waals surface area contributed by atoms with E-state index < -0.39 is 0 Å². The SMILES string of the molecule is CC(C)N1CCC[C@@H](CNC(=O)c2ncncc2Cl)C1. The Morgan fingerprint density at radius 1 is 1.60 bits per heavy atom. The lowest BCUT2D eigenvalue weighted by molar-refractivity contribution is 0.0918. The van der Waals surface area contributed by atoms with Crippen LogP contribution < -0.4 is 5.32 Å². The molecule has 0 spiro atoms. The minimum Gasteiger partial charge on any atom is -0.350 e. The van der Waals surface area contributed by atoms with Gasteiger partial charge in [-0.3, -0.25) is 4.79 Å². The summed E-state index contributed by atoms with van der Waals surface area (Å²) in [7, 11) is 0. The van der Waals surface area contributed by atoms with Crippen molar-refractivity contribution in [2.75, 3.05) is 19.6 Å². The molecule has 0 aromatic carbocycles. The average molecular weight is 297 g/mol. The van der Waals surface area contributed by atoms with E-state index in [4.69, 9.17) is 11.6 Å². The van der Waals surface area contributed by atoms with E-state index in [9.17, 15) is 4.79 Å². The first-order chi connectivity index (χ1) is 9.58. The lowest BCUT2D eigenvalue weighted by atomic mass is 9.97. The van der Waals surface area contributed by atoms with Crippen molar-refractivity contribution in [1.82, 2.24) is 20.2 Å². The molecule has 1 aliphatic heterocycles. The number of amides is 1. The lowest BCUT2D eigenvalue weighted by Gasteiger charge is -2.35. The molecule has 110 valence electrons. The van der Waals surface area contributed by atoms with Gasteiger partial charge in [-0.2, -0.15) is 0 Å². The number of carbonyl (C=O) groups is 1. The molecule has 1 aromatic heterocycles. The summed E-state index contributed by atoms with van der Waals surface area (Å²) in [4.78, 5) is 22.2. The fourth-order valence-electron chi connectivity index (χ4n) is 2.53. The molecule has 0 aliphatic carbocycles. The first-order valence-electron chi connectivity index (χ1n) is 7.05. The van der Waals surface area contributed by atoms with Gasteiger partial charge >= 0.3 is 0 Å². The normalized spacial score (nSPS) is 20.1. The van der Waals surface area contributed by atoms with Crippen LogP contribution in [-0.2, 0) is 0 Å². The van der Waals surface area contributed by atoms with Gasteiger partial charge in [0.2, 0.25) is 0 Å². The fourth-order valence-corrected chi connectivity index (χ4v) is 2.72. The van der Waals surface area contributed by atoms with Crippen molar-refractivity contribution in [3.63, 3.8) is 0 Å². The number of likely N-dealkylation sites (tertiary alicyclic amines) is 1. The molecule has 2 rings (SSSR count). The second-order valence-electron chi connectivity index (χ2n) is 5.53. The van der Waals surface area contributed by atoms with Crippen molar-refractivity contribution >= 4 is 17.5 Å². The molecule has 2 heterocycles. The van der Waals surface area contributed by atoms with Gasteiger partial charge in [0.15, 0.2) is 0 Å².